The van der Waals surface area contributed by atoms with Crippen LogP contribution in [0.5, 0.6) is 0 Å². The minimum Gasteiger partial charge on any atom is -0.355 e. The van der Waals surface area contributed by atoms with Gasteiger partial charge in [-0.05, 0) is 78.9 Å². The normalized spacial score (nSPS) is 12.0. The number of hydrogen-bond acceptors (Lipinski definition) is 3. The Labute approximate surface area is 188 Å². The van der Waals surface area contributed by atoms with E-state index in [0.29, 0.717) is 0 Å². The van der Waals surface area contributed by atoms with E-state index in [0.717, 1.165) is 56.1 Å². The largest absolute Gasteiger partial charge is 0.355 e. The molecule has 8 bridgehead atoms. The van der Waals surface area contributed by atoms with Crippen molar-refractivity contribution in [3.05, 3.63) is 89.6 Å². The molecule has 0 aromatic carbocycles. The summed E-state index contributed by atoms with van der Waals surface area (Å²) < 4.78 is 0. The number of rotatable bonds is 1. The Kier molecular flexibility index (Phi) is 4.86. The third kappa shape index (κ3) is 3.86. The Morgan fingerprint density at radius 2 is 1.19 bits per heavy atom. The third-order valence-corrected chi connectivity index (χ3v) is 5.11. The average Bonchev–Trinajstić information content (AvgIpc) is 3.53. The minimum atomic E-state index is 0. The predicted octanol–water partition coefficient (Wildman–Crippen LogP) is 5.72. The first-order chi connectivity index (χ1) is 14.8. The number of nitrogens with one attached hydrogen (secondary N) is 2. The molecule has 2 N–H and O–H groups in total. The number of H-pyrrole nitrogens is 2. The van der Waals surface area contributed by atoms with Crippen LogP contribution in [0.25, 0.3) is 57.6 Å². The Balaban J connectivity index is 0.00000204. The molecule has 0 atom stereocenters. The van der Waals surface area contributed by atoms with E-state index in [4.69, 9.17) is 9.97 Å². The second-order valence-electron chi connectivity index (χ2n) is 7.30. The van der Waals surface area contributed by atoms with Gasteiger partial charge >= 0.3 is 0 Å². The first kappa shape index (κ1) is 19.2. The van der Waals surface area contributed by atoms with Crippen molar-refractivity contribution < 1.29 is 16.8 Å². The average molecular weight is 446 g/mol. The summed E-state index contributed by atoms with van der Waals surface area (Å²) >= 11 is 0. The van der Waals surface area contributed by atoms with E-state index >= 15 is 0 Å². The number of fused-ring (bicyclic) bond motifs is 8. The fraction of sp³-hybridized carbons (Fsp3) is 0. The maximum atomic E-state index is 4.75. The smallest absolute Gasteiger partial charge is 0.0723 e. The first-order valence-electron chi connectivity index (χ1n) is 9.78. The molecule has 0 saturated carbocycles. The molecule has 31 heavy (non-hydrogen) atoms. The van der Waals surface area contributed by atoms with Crippen LogP contribution in [0.4, 0.5) is 0 Å². The summed E-state index contributed by atoms with van der Waals surface area (Å²) in [5.74, 6) is 0. The van der Waals surface area contributed by atoms with Gasteiger partial charge < -0.3 is 9.97 Å². The molecule has 2 aliphatic rings. The van der Waals surface area contributed by atoms with Crippen LogP contribution in [0.15, 0.2) is 66.9 Å². The molecule has 6 rings (SSSR count). The Hall–Kier alpha value is -3.74. The fourth-order valence-electron chi connectivity index (χ4n) is 3.75. The zero-order valence-electron chi connectivity index (χ0n) is 16.3. The van der Waals surface area contributed by atoms with Crippen LogP contribution in [0.1, 0.15) is 22.8 Å². The van der Waals surface area contributed by atoms with E-state index in [2.05, 4.69) is 27.1 Å². The van der Waals surface area contributed by atoms with Gasteiger partial charge in [0, 0.05) is 45.1 Å². The van der Waals surface area contributed by atoms with Crippen LogP contribution < -0.4 is 0 Å². The van der Waals surface area contributed by atoms with Crippen molar-refractivity contribution in [3.8, 4) is 11.3 Å². The van der Waals surface area contributed by atoms with Crippen LogP contribution in [0, 0.1) is 0 Å². The van der Waals surface area contributed by atoms with Crippen molar-refractivity contribution >= 4 is 46.4 Å². The van der Waals surface area contributed by atoms with Crippen LogP contribution >= 0.6 is 0 Å². The van der Waals surface area contributed by atoms with Gasteiger partial charge in [-0.25, -0.2) is 9.97 Å². The van der Waals surface area contributed by atoms with Gasteiger partial charge in [0.2, 0.25) is 0 Å². The molecule has 0 fully saturated rings. The van der Waals surface area contributed by atoms with Crippen LogP contribution in [-0.4, -0.2) is 24.9 Å². The maximum absolute atomic E-state index is 4.75. The summed E-state index contributed by atoms with van der Waals surface area (Å²) in [6.07, 6.45) is 9.90. The van der Waals surface area contributed by atoms with E-state index in [1.54, 1.807) is 0 Å². The van der Waals surface area contributed by atoms with E-state index in [1.165, 1.54) is 0 Å². The Morgan fingerprint density at radius 3 is 1.81 bits per heavy atom. The molecule has 4 aromatic heterocycles. The van der Waals surface area contributed by atoms with E-state index < -0.39 is 0 Å². The maximum Gasteiger partial charge on any atom is 0.0723 e. The molecule has 0 amide bonds. The number of aromatic nitrogens is 5. The fourth-order valence-corrected chi connectivity index (χ4v) is 3.75. The molecule has 0 spiro atoms. The summed E-state index contributed by atoms with van der Waals surface area (Å²) in [5, 5.41) is 0. The molecule has 0 saturated heterocycles. The van der Waals surface area contributed by atoms with Crippen molar-refractivity contribution in [2.75, 3.05) is 0 Å². The van der Waals surface area contributed by atoms with E-state index in [1.807, 2.05) is 79.0 Å². The van der Waals surface area contributed by atoms with Gasteiger partial charge in [-0.2, -0.15) is 0 Å². The van der Waals surface area contributed by atoms with Gasteiger partial charge in [-0.15, -0.1) is 0 Å². The topological polar surface area (TPSA) is 70.2 Å². The number of pyridine rings is 1. The standard InChI is InChI=1S/C25H17N5.Co/c1-2-10-26-24(3-1)23-14-22-13-20-7-6-18(28-20)11-16-4-5-17(27-16)12-19-8-9-21(29-19)15-25(23)30-22;/h1-15,27,30H;. The van der Waals surface area contributed by atoms with Crippen LogP contribution in [0.3, 0.4) is 0 Å². The van der Waals surface area contributed by atoms with Gasteiger partial charge in [0.05, 0.1) is 34.0 Å². The Bertz CT molecular complexity index is 1490. The van der Waals surface area contributed by atoms with E-state index in [9.17, 15) is 0 Å². The molecule has 0 unspecified atom stereocenters. The molecule has 5 nitrogen and oxygen atoms in total. The summed E-state index contributed by atoms with van der Waals surface area (Å²) in [7, 11) is 0. The van der Waals surface area contributed by atoms with Crippen molar-refractivity contribution in [2.24, 2.45) is 0 Å². The van der Waals surface area contributed by atoms with Crippen LogP contribution in [-0.2, 0) is 16.8 Å². The quantitative estimate of drug-likeness (QED) is 0.340. The summed E-state index contributed by atoms with van der Waals surface area (Å²) in [6, 6.07) is 20.3. The van der Waals surface area contributed by atoms with Crippen LogP contribution in [0.2, 0.25) is 0 Å². The molecule has 151 valence electrons. The molecule has 1 radical (unpaired) electrons. The minimum absolute atomic E-state index is 0. The zero-order chi connectivity index (χ0) is 19.9. The molecule has 0 aliphatic carbocycles. The summed E-state index contributed by atoms with van der Waals surface area (Å²) in [4.78, 5) is 20.9. The number of hydrogen-bond donors (Lipinski definition) is 2. The van der Waals surface area contributed by atoms with Crippen molar-refractivity contribution in [2.45, 2.75) is 0 Å². The second-order valence-corrected chi connectivity index (χ2v) is 7.30. The molecular formula is C25H17CoN5. The van der Waals surface area contributed by atoms with Gasteiger partial charge in [-0.3, -0.25) is 4.98 Å². The third-order valence-electron chi connectivity index (χ3n) is 5.11. The van der Waals surface area contributed by atoms with Crippen molar-refractivity contribution in [1.82, 2.24) is 24.9 Å². The van der Waals surface area contributed by atoms with Crippen molar-refractivity contribution in [3.63, 3.8) is 0 Å². The van der Waals surface area contributed by atoms with Gasteiger partial charge in [0.15, 0.2) is 0 Å². The predicted molar refractivity (Wildman–Crippen MR) is 122 cm³/mol. The number of nitrogens with zero attached hydrogens (tertiary/aromatic N) is 3. The molecule has 4 aromatic rings. The number of aromatic amines is 2. The van der Waals surface area contributed by atoms with Gasteiger partial charge in [0.1, 0.15) is 0 Å². The van der Waals surface area contributed by atoms with Gasteiger partial charge in [-0.1, -0.05) is 6.07 Å². The Morgan fingerprint density at radius 1 is 0.581 bits per heavy atom. The summed E-state index contributed by atoms with van der Waals surface area (Å²) in [5.41, 5.74) is 9.53. The second kappa shape index (κ2) is 7.83. The SMILES string of the molecule is C1=Cc2cc3cc(-c4ccccn4)c(cc4nc(cc5ccc(cc1n2)[nH]5)C=C4)[nH]3.[Co]. The zero-order valence-corrected chi connectivity index (χ0v) is 17.4. The van der Waals surface area contributed by atoms with Crippen molar-refractivity contribution in [1.29, 1.82) is 0 Å². The molecule has 6 heteroatoms. The monoisotopic (exact) mass is 446 g/mol. The molecule has 2 aliphatic heterocycles. The first-order valence-corrected chi connectivity index (χ1v) is 9.78. The summed E-state index contributed by atoms with van der Waals surface area (Å²) in [6.45, 7) is 0. The van der Waals surface area contributed by atoms with E-state index in [-0.39, 0.29) is 16.8 Å². The molecule has 6 heterocycles. The van der Waals surface area contributed by atoms with Gasteiger partial charge in [0.25, 0.3) is 0 Å². The molecular weight excluding hydrogens is 429 g/mol.